The van der Waals surface area contributed by atoms with Gasteiger partial charge in [0.25, 0.3) is 0 Å². The van der Waals surface area contributed by atoms with Gasteiger partial charge in [-0.2, -0.15) is 0 Å². The van der Waals surface area contributed by atoms with Crippen LogP contribution in [0, 0.1) is 17.8 Å². The molecule has 1 aliphatic rings. The van der Waals surface area contributed by atoms with Gasteiger partial charge < -0.3 is 19.3 Å². The molecule has 0 amide bonds. The molecule has 146 valence electrons. The number of aliphatic hydroxyl groups excluding tert-OH is 1. The van der Waals surface area contributed by atoms with Crippen molar-refractivity contribution in [1.29, 1.82) is 0 Å². The highest BCUT2D eigenvalue weighted by molar-refractivity contribution is 5.92. The Morgan fingerprint density at radius 1 is 1.12 bits per heavy atom. The molecule has 1 aliphatic heterocycles. The zero-order valence-electron chi connectivity index (χ0n) is 16.3. The van der Waals surface area contributed by atoms with Crippen LogP contribution in [0.2, 0.25) is 0 Å². The Hall–Kier alpha value is -1.59. The monoisotopic (exact) mass is 364 g/mol. The van der Waals surface area contributed by atoms with Gasteiger partial charge in [-0.15, -0.1) is 0 Å². The average molecular weight is 364 g/mol. The molecule has 1 aromatic carbocycles. The van der Waals surface area contributed by atoms with E-state index in [0.29, 0.717) is 17.9 Å². The van der Waals surface area contributed by atoms with Crippen LogP contribution in [0.3, 0.4) is 0 Å². The topological polar surface area (TPSA) is 65.0 Å². The van der Waals surface area contributed by atoms with Gasteiger partial charge in [-0.3, -0.25) is 0 Å². The van der Waals surface area contributed by atoms with Crippen molar-refractivity contribution in [2.24, 2.45) is 17.8 Å². The van der Waals surface area contributed by atoms with Crippen LogP contribution in [0.5, 0.6) is 5.75 Å². The summed E-state index contributed by atoms with van der Waals surface area (Å²) in [5, 5.41) is 10.0. The molecule has 0 bridgehead atoms. The number of aliphatic hydroxyl groups is 1. The highest BCUT2D eigenvalue weighted by Gasteiger charge is 2.38. The summed E-state index contributed by atoms with van der Waals surface area (Å²) in [6.07, 6.45) is 2.05. The predicted molar refractivity (Wildman–Crippen MR) is 100 cm³/mol. The van der Waals surface area contributed by atoms with Gasteiger partial charge in [0.05, 0.1) is 12.7 Å². The zero-order chi connectivity index (χ0) is 19.1. The number of carbonyl (C=O) groups excluding carboxylic acids is 1. The number of rotatable bonds is 8. The second kappa shape index (κ2) is 9.93. The molecule has 1 saturated heterocycles. The minimum absolute atomic E-state index is 0.0641. The van der Waals surface area contributed by atoms with E-state index < -0.39 is 12.3 Å². The van der Waals surface area contributed by atoms with Crippen molar-refractivity contribution in [3.05, 3.63) is 29.8 Å². The molecule has 0 spiro atoms. The Morgan fingerprint density at radius 3 is 2.58 bits per heavy atom. The molecule has 1 aromatic rings. The van der Waals surface area contributed by atoms with Crippen LogP contribution in [-0.4, -0.2) is 36.7 Å². The van der Waals surface area contributed by atoms with Gasteiger partial charge in [0.1, 0.15) is 17.9 Å². The van der Waals surface area contributed by atoms with E-state index in [-0.39, 0.29) is 30.5 Å². The molecule has 0 aromatic heterocycles. The molecule has 1 fully saturated rings. The highest BCUT2D eigenvalue weighted by Crippen LogP contribution is 2.34. The Kier molecular flexibility index (Phi) is 7.91. The largest absolute Gasteiger partial charge is 0.493 e. The van der Waals surface area contributed by atoms with Gasteiger partial charge in [0, 0.05) is 5.92 Å². The number of esters is 1. The maximum Gasteiger partial charge on any atom is 0.342 e. The van der Waals surface area contributed by atoms with Gasteiger partial charge in [0.2, 0.25) is 0 Å². The van der Waals surface area contributed by atoms with Crippen LogP contribution in [0.15, 0.2) is 24.3 Å². The molecule has 5 atom stereocenters. The third kappa shape index (κ3) is 5.21. The Morgan fingerprint density at radius 2 is 1.85 bits per heavy atom. The number of benzene rings is 1. The van der Waals surface area contributed by atoms with Gasteiger partial charge in [-0.1, -0.05) is 52.7 Å². The van der Waals surface area contributed by atoms with Crippen LogP contribution in [-0.2, 0) is 9.47 Å². The standard InChI is InChI=1S/C21H32O5/c1-5-6-9-12-24-18-11-8-7-10-17(18)21(23)25-13-19-15(3)14(2)16(4)20(22)26-19/h7-8,10-11,14-16,19-20,22H,5-6,9,12-13H2,1-4H3/t14-,15-,16?,19?,20-/m0/s1. The minimum atomic E-state index is -0.820. The van der Waals surface area contributed by atoms with E-state index >= 15 is 0 Å². The lowest BCUT2D eigenvalue weighted by Crippen LogP contribution is -2.46. The maximum absolute atomic E-state index is 12.5. The second-order valence-corrected chi connectivity index (χ2v) is 7.29. The highest BCUT2D eigenvalue weighted by atomic mass is 16.6. The summed E-state index contributed by atoms with van der Waals surface area (Å²) >= 11 is 0. The number of hydrogen-bond acceptors (Lipinski definition) is 5. The third-order valence-electron chi connectivity index (χ3n) is 5.50. The predicted octanol–water partition coefficient (Wildman–Crippen LogP) is 4.04. The molecule has 0 radical (unpaired) electrons. The van der Waals surface area contributed by atoms with Gasteiger partial charge >= 0.3 is 5.97 Å². The molecule has 5 heteroatoms. The second-order valence-electron chi connectivity index (χ2n) is 7.29. The number of hydrogen-bond donors (Lipinski definition) is 1. The smallest absolute Gasteiger partial charge is 0.342 e. The van der Waals surface area contributed by atoms with Gasteiger partial charge in [-0.05, 0) is 30.4 Å². The maximum atomic E-state index is 12.5. The third-order valence-corrected chi connectivity index (χ3v) is 5.50. The summed E-state index contributed by atoms with van der Waals surface area (Å²) in [6.45, 7) is 8.98. The molecule has 1 heterocycles. The first-order chi connectivity index (χ1) is 12.5. The van der Waals surface area contributed by atoms with E-state index in [9.17, 15) is 9.90 Å². The van der Waals surface area contributed by atoms with Crippen molar-refractivity contribution in [2.45, 2.75) is 59.4 Å². The first kappa shape index (κ1) is 20.7. The fourth-order valence-corrected chi connectivity index (χ4v) is 3.23. The fraction of sp³-hybridized carbons (Fsp3) is 0.667. The van der Waals surface area contributed by atoms with E-state index in [1.165, 1.54) is 0 Å². The summed E-state index contributed by atoms with van der Waals surface area (Å²) in [7, 11) is 0. The molecule has 2 rings (SSSR count). The summed E-state index contributed by atoms with van der Waals surface area (Å²) < 4.78 is 16.9. The lowest BCUT2D eigenvalue weighted by Gasteiger charge is -2.41. The Bertz CT molecular complexity index is 573. The fourth-order valence-electron chi connectivity index (χ4n) is 3.23. The van der Waals surface area contributed by atoms with E-state index in [1.807, 2.05) is 13.0 Å². The van der Waals surface area contributed by atoms with Crippen molar-refractivity contribution < 1.29 is 24.1 Å². The van der Waals surface area contributed by atoms with Gasteiger partial charge in [-0.25, -0.2) is 4.79 Å². The lowest BCUT2D eigenvalue weighted by atomic mass is 9.79. The van der Waals surface area contributed by atoms with Crippen molar-refractivity contribution in [2.75, 3.05) is 13.2 Å². The molecule has 0 saturated carbocycles. The molecule has 5 nitrogen and oxygen atoms in total. The quantitative estimate of drug-likeness (QED) is 0.557. The van der Waals surface area contributed by atoms with Gasteiger partial charge in [0.15, 0.2) is 6.29 Å². The average Bonchev–Trinajstić information content (AvgIpc) is 2.65. The van der Waals surface area contributed by atoms with Crippen LogP contribution < -0.4 is 4.74 Å². The first-order valence-electron chi connectivity index (χ1n) is 9.68. The normalized spacial score (nSPS) is 28.6. The summed E-state index contributed by atoms with van der Waals surface area (Å²) in [5.41, 5.74) is 0.425. The Balaban J connectivity index is 1.93. The van der Waals surface area contributed by atoms with Crippen molar-refractivity contribution in [3.8, 4) is 5.75 Å². The van der Waals surface area contributed by atoms with E-state index in [0.717, 1.165) is 19.3 Å². The number of para-hydroxylation sites is 1. The summed E-state index contributed by atoms with van der Waals surface area (Å²) in [5.74, 6) is 0.675. The molecule has 0 aliphatic carbocycles. The number of ether oxygens (including phenoxy) is 3. The summed E-state index contributed by atoms with van der Waals surface area (Å²) in [6, 6.07) is 7.14. The summed E-state index contributed by atoms with van der Waals surface area (Å²) in [4.78, 5) is 12.5. The molecular formula is C21H32O5. The van der Waals surface area contributed by atoms with Crippen LogP contribution in [0.1, 0.15) is 57.3 Å². The lowest BCUT2D eigenvalue weighted by molar-refractivity contribution is -0.232. The van der Waals surface area contributed by atoms with Crippen LogP contribution in [0.4, 0.5) is 0 Å². The molecular weight excluding hydrogens is 332 g/mol. The SMILES string of the molecule is CCCCCOc1ccccc1C(=O)OCC1O[C@H](O)C(C)[C@@H](C)[C@@H]1C. The van der Waals surface area contributed by atoms with Crippen molar-refractivity contribution in [3.63, 3.8) is 0 Å². The minimum Gasteiger partial charge on any atom is -0.493 e. The van der Waals surface area contributed by atoms with E-state index in [2.05, 4.69) is 20.8 Å². The molecule has 26 heavy (non-hydrogen) atoms. The molecule has 2 unspecified atom stereocenters. The molecule has 1 N–H and O–H groups in total. The van der Waals surface area contributed by atoms with E-state index in [1.54, 1.807) is 18.2 Å². The Labute approximate surface area is 156 Å². The van der Waals surface area contributed by atoms with E-state index in [4.69, 9.17) is 14.2 Å². The first-order valence-corrected chi connectivity index (χ1v) is 9.68. The zero-order valence-corrected chi connectivity index (χ0v) is 16.3. The number of carbonyl (C=O) groups is 1. The van der Waals surface area contributed by atoms with Crippen molar-refractivity contribution >= 4 is 5.97 Å². The van der Waals surface area contributed by atoms with Crippen LogP contribution in [0.25, 0.3) is 0 Å². The number of unbranched alkanes of at least 4 members (excludes halogenated alkanes) is 2. The van der Waals surface area contributed by atoms with Crippen molar-refractivity contribution in [1.82, 2.24) is 0 Å². The van der Waals surface area contributed by atoms with Crippen LogP contribution >= 0.6 is 0 Å².